The summed E-state index contributed by atoms with van der Waals surface area (Å²) < 4.78 is 10.8. The standard InChI is InChI=1S/C27H33N3O5/c1-19-6-5-7-21(18-19)25(31)28-24(27(33)30-14-16-35-17-15-30)20-10-12-29(13-11-20)26(32)22-8-3-4-9-23(22)34-2/h3-9,18,20,24H,10-17H2,1-2H3,(H,28,31)/t24-/m0/s1. The van der Waals surface area contributed by atoms with E-state index >= 15 is 0 Å². The number of piperidine rings is 1. The third kappa shape index (κ3) is 5.82. The zero-order chi connectivity index (χ0) is 24.8. The molecule has 8 heteroatoms. The number of nitrogens with zero attached hydrogens (tertiary/aromatic N) is 2. The van der Waals surface area contributed by atoms with Gasteiger partial charge in [0.25, 0.3) is 11.8 Å². The Morgan fingerprint density at radius 1 is 0.971 bits per heavy atom. The second kappa shape index (κ2) is 11.4. The topological polar surface area (TPSA) is 88.2 Å². The van der Waals surface area contributed by atoms with Crippen LogP contribution in [0.2, 0.25) is 0 Å². The largest absolute Gasteiger partial charge is 0.496 e. The van der Waals surface area contributed by atoms with Crippen LogP contribution in [0, 0.1) is 12.8 Å². The number of carbonyl (C=O) groups excluding carboxylic acids is 3. The number of nitrogens with one attached hydrogen (secondary N) is 1. The van der Waals surface area contributed by atoms with Gasteiger partial charge in [-0.15, -0.1) is 0 Å². The highest BCUT2D eigenvalue weighted by atomic mass is 16.5. The molecule has 186 valence electrons. The van der Waals surface area contributed by atoms with Crippen molar-refractivity contribution >= 4 is 17.7 Å². The Hall–Kier alpha value is -3.39. The molecule has 2 aromatic rings. The predicted octanol–water partition coefficient (Wildman–Crippen LogP) is 2.51. The van der Waals surface area contributed by atoms with Gasteiger partial charge < -0.3 is 24.6 Å². The number of morpholine rings is 1. The van der Waals surface area contributed by atoms with Gasteiger partial charge in [0.1, 0.15) is 11.8 Å². The molecule has 2 fully saturated rings. The molecule has 2 aliphatic rings. The van der Waals surface area contributed by atoms with Crippen molar-refractivity contribution in [3.63, 3.8) is 0 Å². The quantitative estimate of drug-likeness (QED) is 0.688. The van der Waals surface area contributed by atoms with Crippen LogP contribution in [0.15, 0.2) is 48.5 Å². The van der Waals surface area contributed by atoms with E-state index < -0.39 is 6.04 Å². The zero-order valence-corrected chi connectivity index (χ0v) is 20.4. The van der Waals surface area contributed by atoms with Crippen molar-refractivity contribution < 1.29 is 23.9 Å². The maximum Gasteiger partial charge on any atom is 0.257 e. The zero-order valence-electron chi connectivity index (χ0n) is 20.4. The summed E-state index contributed by atoms with van der Waals surface area (Å²) in [6.45, 7) is 4.97. The van der Waals surface area contributed by atoms with Gasteiger partial charge in [-0.05, 0) is 49.9 Å². The maximum atomic E-state index is 13.5. The van der Waals surface area contributed by atoms with Crippen LogP contribution in [-0.4, -0.2) is 80.1 Å². The van der Waals surface area contributed by atoms with Gasteiger partial charge >= 0.3 is 0 Å². The molecule has 2 aliphatic heterocycles. The van der Waals surface area contributed by atoms with Gasteiger partial charge in [-0.1, -0.05) is 29.8 Å². The lowest BCUT2D eigenvalue weighted by Gasteiger charge is -2.38. The minimum atomic E-state index is -0.648. The summed E-state index contributed by atoms with van der Waals surface area (Å²) >= 11 is 0. The molecule has 0 aliphatic carbocycles. The number of hydrogen-bond acceptors (Lipinski definition) is 5. The van der Waals surface area contributed by atoms with Crippen LogP contribution in [0.5, 0.6) is 5.75 Å². The molecule has 0 aromatic heterocycles. The molecule has 1 N–H and O–H groups in total. The lowest BCUT2D eigenvalue weighted by Crippen LogP contribution is -2.56. The first-order valence-corrected chi connectivity index (χ1v) is 12.1. The molecule has 8 nitrogen and oxygen atoms in total. The number of likely N-dealkylation sites (tertiary alicyclic amines) is 1. The van der Waals surface area contributed by atoms with Gasteiger partial charge in [0, 0.05) is 31.7 Å². The van der Waals surface area contributed by atoms with Crippen LogP contribution in [0.25, 0.3) is 0 Å². The average Bonchev–Trinajstić information content (AvgIpc) is 2.91. The highest BCUT2D eigenvalue weighted by molar-refractivity contribution is 5.98. The smallest absolute Gasteiger partial charge is 0.257 e. The van der Waals surface area contributed by atoms with Gasteiger partial charge in [-0.3, -0.25) is 14.4 Å². The molecular weight excluding hydrogens is 446 g/mol. The third-order valence-electron chi connectivity index (χ3n) is 6.79. The average molecular weight is 480 g/mol. The van der Waals surface area contributed by atoms with E-state index in [0.29, 0.717) is 69.1 Å². The molecule has 3 amide bonds. The number of para-hydroxylation sites is 1. The number of hydrogen-bond donors (Lipinski definition) is 1. The van der Waals surface area contributed by atoms with Gasteiger partial charge in [-0.2, -0.15) is 0 Å². The molecule has 2 aromatic carbocycles. The molecule has 0 radical (unpaired) electrons. The Morgan fingerprint density at radius 2 is 1.69 bits per heavy atom. The van der Waals surface area contributed by atoms with E-state index in [1.165, 1.54) is 0 Å². The van der Waals surface area contributed by atoms with Crippen LogP contribution >= 0.6 is 0 Å². The van der Waals surface area contributed by atoms with E-state index in [1.807, 2.05) is 37.3 Å². The van der Waals surface area contributed by atoms with Crippen LogP contribution in [-0.2, 0) is 9.53 Å². The van der Waals surface area contributed by atoms with Gasteiger partial charge in [-0.25, -0.2) is 0 Å². The monoisotopic (exact) mass is 479 g/mol. The van der Waals surface area contributed by atoms with Crippen molar-refractivity contribution in [2.24, 2.45) is 5.92 Å². The maximum absolute atomic E-state index is 13.5. The molecule has 2 heterocycles. The second-order valence-electron chi connectivity index (χ2n) is 9.09. The van der Waals surface area contributed by atoms with E-state index in [2.05, 4.69) is 5.32 Å². The number of rotatable bonds is 6. The molecule has 0 unspecified atom stereocenters. The van der Waals surface area contributed by atoms with Gasteiger partial charge in [0.05, 0.1) is 25.9 Å². The van der Waals surface area contributed by atoms with E-state index in [-0.39, 0.29) is 23.6 Å². The fourth-order valence-electron chi connectivity index (χ4n) is 4.80. The molecule has 2 saturated heterocycles. The first kappa shape index (κ1) is 24.7. The normalized spacial score (nSPS) is 17.5. The number of carbonyl (C=O) groups is 3. The summed E-state index contributed by atoms with van der Waals surface area (Å²) in [6.07, 6.45) is 1.24. The Balaban J connectivity index is 1.48. The molecule has 0 bridgehead atoms. The summed E-state index contributed by atoms with van der Waals surface area (Å²) in [5, 5.41) is 3.03. The lowest BCUT2D eigenvalue weighted by molar-refractivity contribution is -0.139. The number of aryl methyl sites for hydroxylation is 1. The predicted molar refractivity (Wildman–Crippen MR) is 131 cm³/mol. The summed E-state index contributed by atoms with van der Waals surface area (Å²) in [5.74, 6) is 0.0589. The molecule has 4 rings (SSSR count). The SMILES string of the molecule is COc1ccccc1C(=O)N1CCC([C@H](NC(=O)c2cccc(C)c2)C(=O)N2CCOCC2)CC1. The van der Waals surface area contributed by atoms with Crippen LogP contribution in [0.4, 0.5) is 0 Å². The molecular formula is C27H33N3O5. The first-order chi connectivity index (χ1) is 17.0. The van der Waals surface area contributed by atoms with Crippen molar-refractivity contribution in [3.05, 3.63) is 65.2 Å². The minimum absolute atomic E-state index is 0.0687. The van der Waals surface area contributed by atoms with E-state index in [4.69, 9.17) is 9.47 Å². The third-order valence-corrected chi connectivity index (χ3v) is 6.79. The van der Waals surface area contributed by atoms with Gasteiger partial charge in [0.2, 0.25) is 5.91 Å². The van der Waals surface area contributed by atoms with Crippen molar-refractivity contribution in [1.29, 1.82) is 0 Å². The Morgan fingerprint density at radius 3 is 2.37 bits per heavy atom. The second-order valence-corrected chi connectivity index (χ2v) is 9.09. The lowest BCUT2D eigenvalue weighted by atomic mass is 9.87. The summed E-state index contributed by atoms with van der Waals surface area (Å²) in [6, 6.07) is 13.9. The Kier molecular flexibility index (Phi) is 8.02. The Labute approximate surface area is 206 Å². The van der Waals surface area contributed by atoms with Crippen molar-refractivity contribution in [3.8, 4) is 5.75 Å². The number of amides is 3. The number of ether oxygens (including phenoxy) is 2. The molecule has 0 saturated carbocycles. The first-order valence-electron chi connectivity index (χ1n) is 12.1. The van der Waals surface area contributed by atoms with Gasteiger partial charge in [0.15, 0.2) is 0 Å². The summed E-state index contributed by atoms with van der Waals surface area (Å²) in [5.41, 5.74) is 2.05. The van der Waals surface area contributed by atoms with E-state index in [1.54, 1.807) is 35.1 Å². The molecule has 0 spiro atoms. The minimum Gasteiger partial charge on any atom is -0.496 e. The highest BCUT2D eigenvalue weighted by Gasteiger charge is 2.37. The molecule has 1 atom stereocenters. The van der Waals surface area contributed by atoms with E-state index in [0.717, 1.165) is 5.56 Å². The summed E-state index contributed by atoms with van der Waals surface area (Å²) in [7, 11) is 1.55. The Bertz CT molecular complexity index is 1060. The summed E-state index contributed by atoms with van der Waals surface area (Å²) in [4.78, 5) is 43.3. The highest BCUT2D eigenvalue weighted by Crippen LogP contribution is 2.26. The van der Waals surface area contributed by atoms with Crippen molar-refractivity contribution in [2.75, 3.05) is 46.5 Å². The number of benzene rings is 2. The van der Waals surface area contributed by atoms with Crippen LogP contribution in [0.3, 0.4) is 0 Å². The number of methoxy groups -OCH3 is 1. The van der Waals surface area contributed by atoms with Crippen molar-refractivity contribution in [2.45, 2.75) is 25.8 Å². The van der Waals surface area contributed by atoms with Crippen molar-refractivity contribution in [1.82, 2.24) is 15.1 Å². The van der Waals surface area contributed by atoms with E-state index in [9.17, 15) is 14.4 Å². The fraction of sp³-hybridized carbons (Fsp3) is 0.444. The van der Waals surface area contributed by atoms with Crippen LogP contribution < -0.4 is 10.1 Å². The fourth-order valence-corrected chi connectivity index (χ4v) is 4.80. The van der Waals surface area contributed by atoms with Crippen LogP contribution in [0.1, 0.15) is 39.1 Å². The molecule has 35 heavy (non-hydrogen) atoms.